The normalized spacial score (nSPS) is 17.6. The van der Waals surface area contributed by atoms with Crippen molar-refractivity contribution < 1.29 is 19.4 Å². The van der Waals surface area contributed by atoms with E-state index in [1.54, 1.807) is 7.11 Å². The molecule has 0 aromatic carbocycles. The summed E-state index contributed by atoms with van der Waals surface area (Å²) in [6, 6.07) is 0. The van der Waals surface area contributed by atoms with Crippen molar-refractivity contribution in [2.75, 3.05) is 33.4 Å². The van der Waals surface area contributed by atoms with Gasteiger partial charge in [0.25, 0.3) is 0 Å². The van der Waals surface area contributed by atoms with E-state index in [9.17, 15) is 9.59 Å². The standard InChI is InChI=1S/C14H26N2O4/c1-20-8-7-15-10-12(17)16-11-14(9-13(18)19)5-3-2-4-6-14/h15H,2-11H2,1H3,(H,16,17)(H,18,19). The molecule has 1 amide bonds. The molecule has 116 valence electrons. The van der Waals surface area contributed by atoms with Crippen LogP contribution in [-0.4, -0.2) is 50.3 Å². The molecule has 1 aliphatic carbocycles. The number of hydrogen-bond donors (Lipinski definition) is 3. The molecule has 0 spiro atoms. The maximum atomic E-state index is 11.7. The summed E-state index contributed by atoms with van der Waals surface area (Å²) in [5.74, 6) is -0.865. The molecule has 1 rings (SSSR count). The Hall–Kier alpha value is -1.14. The molecule has 1 aliphatic rings. The first-order valence-electron chi connectivity index (χ1n) is 7.26. The highest BCUT2D eigenvalue weighted by molar-refractivity contribution is 5.78. The van der Waals surface area contributed by atoms with Gasteiger partial charge in [0.05, 0.1) is 19.6 Å². The Morgan fingerprint density at radius 1 is 1.25 bits per heavy atom. The Morgan fingerprint density at radius 2 is 1.95 bits per heavy atom. The molecular weight excluding hydrogens is 260 g/mol. The lowest BCUT2D eigenvalue weighted by atomic mass is 9.71. The molecule has 0 aliphatic heterocycles. The van der Waals surface area contributed by atoms with Crippen LogP contribution in [0, 0.1) is 5.41 Å². The van der Waals surface area contributed by atoms with Gasteiger partial charge in [0.15, 0.2) is 0 Å². The molecule has 0 aromatic heterocycles. The van der Waals surface area contributed by atoms with Crippen molar-refractivity contribution in [1.29, 1.82) is 0 Å². The number of carbonyl (C=O) groups is 2. The van der Waals surface area contributed by atoms with Crippen molar-refractivity contribution in [1.82, 2.24) is 10.6 Å². The number of rotatable bonds is 9. The Bertz CT molecular complexity index is 314. The van der Waals surface area contributed by atoms with Gasteiger partial charge in [-0.1, -0.05) is 19.3 Å². The van der Waals surface area contributed by atoms with Gasteiger partial charge in [0.2, 0.25) is 5.91 Å². The number of amides is 1. The van der Waals surface area contributed by atoms with Crippen LogP contribution in [0.15, 0.2) is 0 Å². The van der Waals surface area contributed by atoms with Crippen LogP contribution < -0.4 is 10.6 Å². The summed E-state index contributed by atoms with van der Waals surface area (Å²) in [7, 11) is 1.61. The van der Waals surface area contributed by atoms with Crippen molar-refractivity contribution in [3.05, 3.63) is 0 Å². The van der Waals surface area contributed by atoms with Gasteiger partial charge in [-0.3, -0.25) is 9.59 Å². The predicted molar refractivity (Wildman–Crippen MR) is 75.5 cm³/mol. The number of carboxylic acids is 1. The van der Waals surface area contributed by atoms with Gasteiger partial charge in [0, 0.05) is 20.2 Å². The maximum Gasteiger partial charge on any atom is 0.303 e. The van der Waals surface area contributed by atoms with Crippen LogP contribution in [0.3, 0.4) is 0 Å². The molecule has 1 fully saturated rings. The summed E-state index contributed by atoms with van der Waals surface area (Å²) < 4.78 is 4.88. The summed E-state index contributed by atoms with van der Waals surface area (Å²) >= 11 is 0. The minimum Gasteiger partial charge on any atom is -0.481 e. The molecular formula is C14H26N2O4. The summed E-state index contributed by atoms with van der Waals surface area (Å²) in [5.41, 5.74) is -0.258. The zero-order valence-corrected chi connectivity index (χ0v) is 12.2. The van der Waals surface area contributed by atoms with Crippen molar-refractivity contribution in [2.45, 2.75) is 38.5 Å². The quantitative estimate of drug-likeness (QED) is 0.545. The third kappa shape index (κ3) is 6.34. The number of aliphatic carboxylic acids is 1. The summed E-state index contributed by atoms with van der Waals surface area (Å²) in [4.78, 5) is 22.7. The lowest BCUT2D eigenvalue weighted by molar-refractivity contribution is -0.140. The fourth-order valence-corrected chi connectivity index (χ4v) is 2.76. The molecule has 1 saturated carbocycles. The molecule has 0 saturated heterocycles. The van der Waals surface area contributed by atoms with Crippen LogP contribution >= 0.6 is 0 Å². The Balaban J connectivity index is 2.34. The molecule has 3 N–H and O–H groups in total. The molecule has 6 nitrogen and oxygen atoms in total. The average molecular weight is 286 g/mol. The smallest absolute Gasteiger partial charge is 0.303 e. The molecule has 6 heteroatoms. The summed E-state index contributed by atoms with van der Waals surface area (Å²) in [5, 5.41) is 14.9. The maximum absolute atomic E-state index is 11.7. The molecule has 0 atom stereocenters. The van der Waals surface area contributed by atoms with Crippen LogP contribution in [-0.2, 0) is 14.3 Å². The highest BCUT2D eigenvalue weighted by Gasteiger charge is 2.34. The van der Waals surface area contributed by atoms with Crippen molar-refractivity contribution in [3.8, 4) is 0 Å². The molecule has 0 radical (unpaired) electrons. The van der Waals surface area contributed by atoms with Gasteiger partial charge in [-0.15, -0.1) is 0 Å². The average Bonchev–Trinajstić information content (AvgIpc) is 2.42. The summed E-state index contributed by atoms with van der Waals surface area (Å²) in [6.45, 7) is 1.90. The van der Waals surface area contributed by atoms with Gasteiger partial charge in [-0.2, -0.15) is 0 Å². The lowest BCUT2D eigenvalue weighted by Crippen LogP contribution is -2.43. The minimum atomic E-state index is -0.778. The second-order valence-electron chi connectivity index (χ2n) is 5.58. The van der Waals surface area contributed by atoms with Crippen LogP contribution in [0.4, 0.5) is 0 Å². The Morgan fingerprint density at radius 3 is 2.55 bits per heavy atom. The van der Waals surface area contributed by atoms with Crippen LogP contribution in [0.5, 0.6) is 0 Å². The topological polar surface area (TPSA) is 87.7 Å². The van der Waals surface area contributed by atoms with Crippen molar-refractivity contribution in [2.24, 2.45) is 5.41 Å². The first-order chi connectivity index (χ1) is 9.58. The van der Waals surface area contributed by atoms with E-state index in [0.717, 1.165) is 32.1 Å². The second-order valence-corrected chi connectivity index (χ2v) is 5.58. The van der Waals surface area contributed by atoms with E-state index in [0.29, 0.717) is 19.7 Å². The van der Waals surface area contributed by atoms with Crippen molar-refractivity contribution in [3.63, 3.8) is 0 Å². The Labute approximate surface area is 120 Å². The molecule has 0 aromatic rings. The summed E-state index contributed by atoms with van der Waals surface area (Å²) in [6.07, 6.45) is 5.18. The van der Waals surface area contributed by atoms with Crippen LogP contribution in [0.1, 0.15) is 38.5 Å². The number of hydrogen-bond acceptors (Lipinski definition) is 4. The second kappa shape index (κ2) is 8.92. The van der Waals surface area contributed by atoms with E-state index in [2.05, 4.69) is 10.6 Å². The monoisotopic (exact) mass is 286 g/mol. The third-order valence-electron chi connectivity index (χ3n) is 3.87. The van der Waals surface area contributed by atoms with E-state index in [1.807, 2.05) is 0 Å². The van der Waals surface area contributed by atoms with Gasteiger partial charge in [0.1, 0.15) is 0 Å². The van der Waals surface area contributed by atoms with Gasteiger partial charge in [-0.25, -0.2) is 0 Å². The van der Waals surface area contributed by atoms with Gasteiger partial charge in [-0.05, 0) is 18.3 Å². The zero-order chi connectivity index (χ0) is 14.8. The number of carbonyl (C=O) groups excluding carboxylic acids is 1. The predicted octanol–water partition coefficient (Wildman–Crippen LogP) is 0.764. The van der Waals surface area contributed by atoms with E-state index in [-0.39, 0.29) is 24.3 Å². The molecule has 0 bridgehead atoms. The highest BCUT2D eigenvalue weighted by Crippen LogP contribution is 2.38. The third-order valence-corrected chi connectivity index (χ3v) is 3.87. The number of carboxylic acid groups (broad SMARTS) is 1. The minimum absolute atomic E-state index is 0.0866. The number of nitrogens with one attached hydrogen (secondary N) is 2. The van der Waals surface area contributed by atoms with Crippen LogP contribution in [0.2, 0.25) is 0 Å². The largest absolute Gasteiger partial charge is 0.481 e. The zero-order valence-electron chi connectivity index (χ0n) is 12.2. The van der Waals surface area contributed by atoms with E-state index in [1.165, 1.54) is 0 Å². The fourth-order valence-electron chi connectivity index (χ4n) is 2.76. The SMILES string of the molecule is COCCNCC(=O)NCC1(CC(=O)O)CCCCC1. The molecule has 20 heavy (non-hydrogen) atoms. The van der Waals surface area contributed by atoms with E-state index < -0.39 is 5.97 Å². The Kier molecular flexibility index (Phi) is 7.54. The van der Waals surface area contributed by atoms with E-state index >= 15 is 0 Å². The lowest BCUT2D eigenvalue weighted by Gasteiger charge is -2.36. The first-order valence-corrected chi connectivity index (χ1v) is 7.26. The van der Waals surface area contributed by atoms with Gasteiger partial charge < -0.3 is 20.5 Å². The number of ether oxygens (including phenoxy) is 1. The molecule has 0 unspecified atom stereocenters. The highest BCUT2D eigenvalue weighted by atomic mass is 16.5. The van der Waals surface area contributed by atoms with Gasteiger partial charge >= 0.3 is 5.97 Å². The van der Waals surface area contributed by atoms with Crippen LogP contribution in [0.25, 0.3) is 0 Å². The molecule has 0 heterocycles. The van der Waals surface area contributed by atoms with Crippen molar-refractivity contribution >= 4 is 11.9 Å². The first kappa shape index (κ1) is 16.9. The fraction of sp³-hybridized carbons (Fsp3) is 0.857. The number of methoxy groups -OCH3 is 1. The van der Waals surface area contributed by atoms with E-state index in [4.69, 9.17) is 9.84 Å².